The van der Waals surface area contributed by atoms with E-state index in [-0.39, 0.29) is 38.6 Å². The van der Waals surface area contributed by atoms with Crippen LogP contribution in [0.2, 0.25) is 10.0 Å². The van der Waals surface area contributed by atoms with E-state index in [4.69, 9.17) is 36.9 Å². The van der Waals surface area contributed by atoms with Gasteiger partial charge in [0.15, 0.2) is 16.8 Å². The van der Waals surface area contributed by atoms with E-state index in [1.54, 1.807) is 25.1 Å². The normalized spacial score (nSPS) is 15.3. The molecule has 0 aliphatic carbocycles. The quantitative estimate of drug-likeness (QED) is 0.348. The standard InChI is InChI=1S/C24H18Cl2N2O5/c1-3-8-31-15-6-4-13(5-7-15)20-19-21(29)16-10-14(25)11-17(26)22(16)32-23(19)24(30)28(20)18-9-12(2)33-27-18/h4-7,9-11,20H,3,8H2,1-2H3. The minimum atomic E-state index is -0.782. The number of aromatic nitrogens is 1. The van der Waals surface area contributed by atoms with Gasteiger partial charge < -0.3 is 13.7 Å². The number of halogens is 2. The highest BCUT2D eigenvalue weighted by Gasteiger charge is 2.45. The zero-order chi connectivity index (χ0) is 23.3. The molecule has 1 aliphatic rings. The first kappa shape index (κ1) is 21.6. The summed E-state index contributed by atoms with van der Waals surface area (Å²) in [5.74, 6) is 0.884. The lowest BCUT2D eigenvalue weighted by Crippen LogP contribution is -2.29. The number of fused-ring (bicyclic) bond motifs is 2. The first-order valence-corrected chi connectivity index (χ1v) is 11.1. The Bertz CT molecular complexity index is 1440. The van der Waals surface area contributed by atoms with Crippen LogP contribution in [0.5, 0.6) is 5.75 Å². The van der Waals surface area contributed by atoms with Crippen LogP contribution < -0.4 is 15.1 Å². The van der Waals surface area contributed by atoms with Gasteiger partial charge in [-0.2, -0.15) is 0 Å². The third kappa shape index (κ3) is 3.57. The molecule has 1 amide bonds. The third-order valence-electron chi connectivity index (χ3n) is 5.42. The van der Waals surface area contributed by atoms with Crippen molar-refractivity contribution in [2.45, 2.75) is 26.3 Å². The third-order valence-corrected chi connectivity index (χ3v) is 5.92. The van der Waals surface area contributed by atoms with Crippen LogP contribution in [0.1, 0.15) is 46.8 Å². The zero-order valence-electron chi connectivity index (χ0n) is 17.7. The fourth-order valence-corrected chi connectivity index (χ4v) is 4.52. The average Bonchev–Trinajstić information content (AvgIpc) is 3.34. The molecule has 0 radical (unpaired) electrons. The zero-order valence-corrected chi connectivity index (χ0v) is 19.2. The molecule has 33 heavy (non-hydrogen) atoms. The Morgan fingerprint density at radius 3 is 2.55 bits per heavy atom. The van der Waals surface area contributed by atoms with Gasteiger partial charge in [0.2, 0.25) is 5.76 Å². The predicted octanol–water partition coefficient (Wildman–Crippen LogP) is 5.93. The maximum atomic E-state index is 13.6. The number of rotatable bonds is 5. The summed E-state index contributed by atoms with van der Waals surface area (Å²) in [6.07, 6.45) is 0.880. The molecule has 7 nitrogen and oxygen atoms in total. The Morgan fingerprint density at radius 1 is 1.12 bits per heavy atom. The van der Waals surface area contributed by atoms with Gasteiger partial charge in [-0.25, -0.2) is 0 Å². The van der Waals surface area contributed by atoms with E-state index in [1.165, 1.54) is 17.0 Å². The summed E-state index contributed by atoms with van der Waals surface area (Å²) in [5.41, 5.74) is 0.599. The highest BCUT2D eigenvalue weighted by atomic mass is 35.5. The smallest absolute Gasteiger partial charge is 0.296 e. The molecule has 0 saturated heterocycles. The second-order valence-electron chi connectivity index (χ2n) is 7.73. The Morgan fingerprint density at radius 2 is 1.88 bits per heavy atom. The fraction of sp³-hybridized carbons (Fsp3) is 0.208. The lowest BCUT2D eigenvalue weighted by Gasteiger charge is -2.22. The molecule has 1 unspecified atom stereocenters. The number of hydrogen-bond donors (Lipinski definition) is 0. The summed E-state index contributed by atoms with van der Waals surface area (Å²) in [6, 6.07) is 11.0. The lowest BCUT2D eigenvalue weighted by molar-refractivity contribution is 0.0969. The van der Waals surface area contributed by atoms with E-state index in [9.17, 15) is 9.59 Å². The molecular weight excluding hydrogens is 467 g/mol. The van der Waals surface area contributed by atoms with Crippen LogP contribution in [-0.2, 0) is 0 Å². The number of anilines is 1. The van der Waals surface area contributed by atoms with Crippen LogP contribution in [0.15, 0.2) is 56.2 Å². The van der Waals surface area contributed by atoms with Crippen LogP contribution in [0.25, 0.3) is 11.0 Å². The first-order valence-electron chi connectivity index (χ1n) is 10.3. The molecule has 2 aromatic carbocycles. The summed E-state index contributed by atoms with van der Waals surface area (Å²) in [6.45, 7) is 4.33. The Hall–Kier alpha value is -3.29. The van der Waals surface area contributed by atoms with Gasteiger partial charge in [0.1, 0.15) is 11.5 Å². The number of ether oxygens (including phenoxy) is 1. The summed E-state index contributed by atoms with van der Waals surface area (Å²) in [4.78, 5) is 28.5. The number of amides is 1. The SMILES string of the molecule is CCCOc1ccc(C2c3c(oc4c(Cl)cc(Cl)cc4c3=O)C(=O)N2c2cc(C)on2)cc1. The minimum Gasteiger partial charge on any atom is -0.494 e. The molecule has 0 N–H and O–H groups in total. The van der Waals surface area contributed by atoms with Crippen molar-refractivity contribution in [3.63, 3.8) is 0 Å². The van der Waals surface area contributed by atoms with Gasteiger partial charge in [0.05, 0.1) is 28.6 Å². The van der Waals surface area contributed by atoms with E-state index in [2.05, 4.69) is 5.16 Å². The summed E-state index contributed by atoms with van der Waals surface area (Å²) >= 11 is 12.4. The van der Waals surface area contributed by atoms with Gasteiger partial charge in [-0.3, -0.25) is 14.5 Å². The van der Waals surface area contributed by atoms with Crippen LogP contribution in [-0.4, -0.2) is 17.7 Å². The van der Waals surface area contributed by atoms with Crippen LogP contribution in [0.4, 0.5) is 5.82 Å². The van der Waals surface area contributed by atoms with Crippen molar-refractivity contribution in [2.24, 2.45) is 0 Å². The molecular formula is C24H18Cl2N2O5. The lowest BCUT2D eigenvalue weighted by atomic mass is 9.98. The highest BCUT2D eigenvalue weighted by Crippen LogP contribution is 2.42. The average molecular weight is 485 g/mol. The molecule has 3 heterocycles. The number of carbonyl (C=O) groups is 1. The monoisotopic (exact) mass is 484 g/mol. The number of hydrogen-bond acceptors (Lipinski definition) is 6. The molecule has 9 heteroatoms. The topological polar surface area (TPSA) is 85.8 Å². The molecule has 4 aromatic rings. The van der Waals surface area contributed by atoms with Gasteiger partial charge in [-0.15, -0.1) is 0 Å². The van der Waals surface area contributed by atoms with Gasteiger partial charge in [0, 0.05) is 11.1 Å². The van der Waals surface area contributed by atoms with E-state index in [1.807, 2.05) is 19.1 Å². The van der Waals surface area contributed by atoms with E-state index in [0.717, 1.165) is 6.42 Å². The Balaban J connectivity index is 1.74. The van der Waals surface area contributed by atoms with E-state index < -0.39 is 11.9 Å². The maximum absolute atomic E-state index is 13.6. The Kier molecular flexibility index (Phi) is 5.38. The van der Waals surface area contributed by atoms with Crippen molar-refractivity contribution in [3.05, 3.63) is 85.4 Å². The number of benzene rings is 2. The second kappa shape index (κ2) is 8.24. The maximum Gasteiger partial charge on any atom is 0.296 e. The van der Waals surface area contributed by atoms with Crippen LogP contribution in [0, 0.1) is 6.92 Å². The molecule has 0 spiro atoms. The summed E-state index contributed by atoms with van der Waals surface area (Å²) in [5, 5.41) is 4.65. The number of carbonyl (C=O) groups excluding carboxylic acids is 1. The van der Waals surface area contributed by atoms with Gasteiger partial charge in [-0.05, 0) is 43.2 Å². The van der Waals surface area contributed by atoms with E-state index in [0.29, 0.717) is 28.7 Å². The molecule has 1 atom stereocenters. The summed E-state index contributed by atoms with van der Waals surface area (Å²) in [7, 11) is 0. The molecule has 5 rings (SSSR count). The predicted molar refractivity (Wildman–Crippen MR) is 125 cm³/mol. The molecule has 0 bridgehead atoms. The van der Waals surface area contributed by atoms with E-state index >= 15 is 0 Å². The first-order chi connectivity index (χ1) is 15.9. The second-order valence-corrected chi connectivity index (χ2v) is 8.57. The highest BCUT2D eigenvalue weighted by molar-refractivity contribution is 6.38. The van der Waals surface area contributed by atoms with Crippen molar-refractivity contribution in [1.82, 2.24) is 5.16 Å². The fourth-order valence-electron chi connectivity index (χ4n) is 3.99. The molecule has 2 aromatic heterocycles. The van der Waals surface area contributed by atoms with Crippen molar-refractivity contribution < 1.29 is 18.5 Å². The van der Waals surface area contributed by atoms with Crippen molar-refractivity contribution >= 4 is 45.9 Å². The molecule has 0 saturated carbocycles. The summed E-state index contributed by atoms with van der Waals surface area (Å²) < 4.78 is 16.8. The number of aryl methyl sites for hydroxylation is 1. The molecule has 0 fully saturated rings. The van der Waals surface area contributed by atoms with Crippen LogP contribution in [0.3, 0.4) is 0 Å². The van der Waals surface area contributed by atoms with Crippen LogP contribution >= 0.6 is 23.2 Å². The van der Waals surface area contributed by atoms with Gasteiger partial charge in [-0.1, -0.05) is 47.4 Å². The molecule has 1 aliphatic heterocycles. The van der Waals surface area contributed by atoms with Gasteiger partial charge in [0.25, 0.3) is 5.91 Å². The van der Waals surface area contributed by atoms with Crippen molar-refractivity contribution in [3.8, 4) is 5.75 Å². The van der Waals surface area contributed by atoms with Crippen molar-refractivity contribution in [2.75, 3.05) is 11.5 Å². The largest absolute Gasteiger partial charge is 0.494 e. The Labute approximate surface area is 198 Å². The van der Waals surface area contributed by atoms with Crippen molar-refractivity contribution in [1.29, 1.82) is 0 Å². The molecule has 168 valence electrons. The minimum absolute atomic E-state index is 0.0892. The number of nitrogens with zero attached hydrogens (tertiary/aromatic N) is 2. The van der Waals surface area contributed by atoms with Gasteiger partial charge >= 0.3 is 0 Å².